The molecule has 138 valence electrons. The molecule has 1 atom stereocenters. The van der Waals surface area contributed by atoms with Crippen LogP contribution in [0.2, 0.25) is 0 Å². The molecule has 1 saturated heterocycles. The van der Waals surface area contributed by atoms with Crippen molar-refractivity contribution in [3.8, 4) is 5.75 Å². The number of carbonyl (C=O) groups excluding carboxylic acids is 2. The summed E-state index contributed by atoms with van der Waals surface area (Å²) in [5, 5.41) is 2.66. The summed E-state index contributed by atoms with van der Waals surface area (Å²) in [6.07, 6.45) is 2.15. The second kappa shape index (κ2) is 8.34. The smallest absolute Gasteiger partial charge is 0.227 e. The Morgan fingerprint density at radius 1 is 1.32 bits per heavy atom. The minimum Gasteiger partial charge on any atom is -0.496 e. The molecule has 1 aromatic rings. The van der Waals surface area contributed by atoms with Crippen LogP contribution in [0.4, 0.5) is 0 Å². The van der Waals surface area contributed by atoms with Crippen molar-refractivity contribution in [2.75, 3.05) is 34.4 Å². The van der Waals surface area contributed by atoms with E-state index in [1.54, 1.807) is 21.3 Å². The van der Waals surface area contributed by atoms with Gasteiger partial charge in [0, 0.05) is 26.3 Å². The Labute approximate surface area is 149 Å². The van der Waals surface area contributed by atoms with Crippen molar-refractivity contribution in [1.82, 2.24) is 10.2 Å². The van der Waals surface area contributed by atoms with Crippen LogP contribution in [0.15, 0.2) is 18.2 Å². The van der Waals surface area contributed by atoms with Gasteiger partial charge >= 0.3 is 0 Å². The quantitative estimate of drug-likeness (QED) is 0.814. The van der Waals surface area contributed by atoms with Crippen LogP contribution in [0, 0.1) is 6.92 Å². The monoisotopic (exact) mass is 348 g/mol. The van der Waals surface area contributed by atoms with Crippen LogP contribution in [-0.4, -0.2) is 56.7 Å². The number of nitrogens with zero attached hydrogens (tertiary/aromatic N) is 1. The number of methoxy groups -OCH3 is 2. The van der Waals surface area contributed by atoms with E-state index in [-0.39, 0.29) is 24.7 Å². The molecule has 0 unspecified atom stereocenters. The molecule has 1 heterocycles. The first-order valence-electron chi connectivity index (χ1n) is 8.59. The van der Waals surface area contributed by atoms with E-state index in [1.165, 1.54) is 0 Å². The molecular formula is C19H28N2O4. The molecule has 0 bridgehead atoms. The van der Waals surface area contributed by atoms with E-state index in [2.05, 4.69) is 5.32 Å². The van der Waals surface area contributed by atoms with Crippen LogP contribution in [0.3, 0.4) is 0 Å². The highest BCUT2D eigenvalue weighted by molar-refractivity contribution is 5.83. The van der Waals surface area contributed by atoms with Crippen LogP contribution in [0.25, 0.3) is 0 Å². The first-order valence-corrected chi connectivity index (χ1v) is 8.59. The zero-order valence-electron chi connectivity index (χ0n) is 15.6. The average molecular weight is 348 g/mol. The lowest BCUT2D eigenvalue weighted by Gasteiger charge is -2.37. The van der Waals surface area contributed by atoms with Gasteiger partial charge in [0.2, 0.25) is 11.8 Å². The Morgan fingerprint density at radius 2 is 2.08 bits per heavy atom. The van der Waals surface area contributed by atoms with E-state index in [0.717, 1.165) is 24.0 Å². The standard InChI is InChI=1S/C19H28N2O4/c1-14-6-7-16(25-4)15(10-14)11-18(23)21-9-5-8-19(21,13-24-3)12-17(22)20-2/h6-7,10H,5,8-9,11-13H2,1-4H3,(H,20,22)/t19-/m1/s1. The van der Waals surface area contributed by atoms with Gasteiger partial charge in [-0.3, -0.25) is 9.59 Å². The third-order valence-corrected chi connectivity index (χ3v) is 4.86. The highest BCUT2D eigenvalue weighted by Crippen LogP contribution is 2.34. The second-order valence-corrected chi connectivity index (χ2v) is 6.65. The lowest BCUT2D eigenvalue weighted by atomic mass is 9.91. The number of carbonyl (C=O) groups is 2. The Bertz CT molecular complexity index is 632. The third kappa shape index (κ3) is 4.31. The molecule has 6 heteroatoms. The molecule has 0 aliphatic carbocycles. The fraction of sp³-hybridized carbons (Fsp3) is 0.579. The van der Waals surface area contributed by atoms with Crippen molar-refractivity contribution >= 4 is 11.8 Å². The van der Waals surface area contributed by atoms with Gasteiger partial charge in [-0.25, -0.2) is 0 Å². The number of amides is 2. The molecule has 1 fully saturated rings. The summed E-state index contributed by atoms with van der Waals surface area (Å²) >= 11 is 0. The van der Waals surface area contributed by atoms with E-state index in [9.17, 15) is 9.59 Å². The first-order chi connectivity index (χ1) is 12.0. The summed E-state index contributed by atoms with van der Waals surface area (Å²) in [5.41, 5.74) is 1.38. The number of rotatable bonds is 7. The van der Waals surface area contributed by atoms with Crippen molar-refractivity contribution in [1.29, 1.82) is 0 Å². The number of hydrogen-bond donors (Lipinski definition) is 1. The average Bonchev–Trinajstić information content (AvgIpc) is 2.98. The highest BCUT2D eigenvalue weighted by atomic mass is 16.5. The summed E-state index contributed by atoms with van der Waals surface area (Å²) < 4.78 is 10.8. The van der Waals surface area contributed by atoms with Crippen LogP contribution in [0.1, 0.15) is 30.4 Å². The number of benzene rings is 1. The van der Waals surface area contributed by atoms with E-state index >= 15 is 0 Å². The van der Waals surface area contributed by atoms with E-state index in [0.29, 0.717) is 18.9 Å². The summed E-state index contributed by atoms with van der Waals surface area (Å²) in [6.45, 7) is 2.99. The molecule has 1 aromatic carbocycles. The number of likely N-dealkylation sites (tertiary alicyclic amines) is 1. The zero-order valence-corrected chi connectivity index (χ0v) is 15.6. The number of nitrogens with one attached hydrogen (secondary N) is 1. The molecule has 1 aliphatic heterocycles. The molecule has 0 spiro atoms. The zero-order chi connectivity index (χ0) is 18.4. The molecule has 0 saturated carbocycles. The van der Waals surface area contributed by atoms with Crippen LogP contribution in [0.5, 0.6) is 5.75 Å². The van der Waals surface area contributed by atoms with Crippen molar-refractivity contribution < 1.29 is 19.1 Å². The van der Waals surface area contributed by atoms with Crippen LogP contribution >= 0.6 is 0 Å². The molecule has 2 amide bonds. The first kappa shape index (κ1) is 19.2. The van der Waals surface area contributed by atoms with E-state index in [4.69, 9.17) is 9.47 Å². The minimum atomic E-state index is -0.566. The van der Waals surface area contributed by atoms with Gasteiger partial charge in [-0.2, -0.15) is 0 Å². The molecule has 1 aliphatic rings. The molecule has 0 radical (unpaired) electrons. The summed E-state index contributed by atoms with van der Waals surface area (Å²) in [5.74, 6) is 0.633. The van der Waals surface area contributed by atoms with Crippen molar-refractivity contribution in [2.24, 2.45) is 0 Å². The Kier molecular flexibility index (Phi) is 6.42. The van der Waals surface area contributed by atoms with E-state index in [1.807, 2.05) is 30.0 Å². The number of aryl methyl sites for hydroxylation is 1. The Hall–Kier alpha value is -2.08. The third-order valence-electron chi connectivity index (χ3n) is 4.86. The van der Waals surface area contributed by atoms with Gasteiger partial charge in [-0.1, -0.05) is 17.7 Å². The molecule has 0 aromatic heterocycles. The maximum absolute atomic E-state index is 13.0. The molecule has 2 rings (SSSR count). The van der Waals surface area contributed by atoms with Crippen molar-refractivity contribution in [3.63, 3.8) is 0 Å². The maximum Gasteiger partial charge on any atom is 0.227 e. The summed E-state index contributed by atoms with van der Waals surface area (Å²) in [7, 11) is 4.83. The van der Waals surface area contributed by atoms with Gasteiger partial charge in [0.25, 0.3) is 0 Å². The fourth-order valence-electron chi connectivity index (χ4n) is 3.67. The normalized spacial score (nSPS) is 19.8. The fourth-order valence-corrected chi connectivity index (χ4v) is 3.67. The summed E-state index contributed by atoms with van der Waals surface area (Å²) in [4.78, 5) is 26.9. The molecular weight excluding hydrogens is 320 g/mol. The van der Waals surface area contributed by atoms with Crippen LogP contribution < -0.4 is 10.1 Å². The van der Waals surface area contributed by atoms with Crippen molar-refractivity contribution in [2.45, 2.75) is 38.1 Å². The van der Waals surface area contributed by atoms with Gasteiger partial charge in [0.05, 0.1) is 32.1 Å². The lowest BCUT2D eigenvalue weighted by molar-refractivity contribution is -0.139. The predicted octanol–water partition coefficient (Wildman–Crippen LogP) is 1.69. The topological polar surface area (TPSA) is 67.9 Å². The second-order valence-electron chi connectivity index (χ2n) is 6.65. The SMILES string of the molecule is CNC(=O)C[C@@]1(COC)CCCN1C(=O)Cc1cc(C)ccc1OC. The van der Waals surface area contributed by atoms with Gasteiger partial charge in [0.1, 0.15) is 5.75 Å². The van der Waals surface area contributed by atoms with Gasteiger partial charge in [-0.05, 0) is 25.8 Å². The van der Waals surface area contributed by atoms with Crippen LogP contribution in [-0.2, 0) is 20.7 Å². The molecule has 25 heavy (non-hydrogen) atoms. The van der Waals surface area contributed by atoms with Gasteiger partial charge in [0.15, 0.2) is 0 Å². The molecule has 1 N–H and O–H groups in total. The lowest BCUT2D eigenvalue weighted by Crippen LogP contribution is -2.53. The number of ether oxygens (including phenoxy) is 2. The molecule has 6 nitrogen and oxygen atoms in total. The van der Waals surface area contributed by atoms with E-state index < -0.39 is 5.54 Å². The highest BCUT2D eigenvalue weighted by Gasteiger charge is 2.45. The van der Waals surface area contributed by atoms with Gasteiger partial charge in [-0.15, -0.1) is 0 Å². The van der Waals surface area contributed by atoms with Gasteiger partial charge < -0.3 is 19.7 Å². The predicted molar refractivity (Wildman–Crippen MR) is 95.7 cm³/mol. The largest absolute Gasteiger partial charge is 0.496 e. The maximum atomic E-state index is 13.0. The summed E-state index contributed by atoms with van der Waals surface area (Å²) in [6, 6.07) is 5.82. The van der Waals surface area contributed by atoms with Crippen molar-refractivity contribution in [3.05, 3.63) is 29.3 Å². The Balaban J connectivity index is 2.24. The number of hydrogen-bond acceptors (Lipinski definition) is 4. The minimum absolute atomic E-state index is 0.00218. The Morgan fingerprint density at radius 3 is 2.72 bits per heavy atom.